The maximum atomic E-state index is 12.3. The van der Waals surface area contributed by atoms with Gasteiger partial charge in [-0.05, 0) is 32.6 Å². The van der Waals surface area contributed by atoms with Gasteiger partial charge in [0.05, 0.1) is 11.9 Å². The van der Waals surface area contributed by atoms with Crippen LogP contribution >= 0.6 is 0 Å². The number of sulfone groups is 1. The number of rotatable bonds is 5. The molecule has 1 aliphatic heterocycles. The lowest BCUT2D eigenvalue weighted by Crippen LogP contribution is -2.46. The molecule has 2 heterocycles. The van der Waals surface area contributed by atoms with Crippen molar-refractivity contribution in [2.24, 2.45) is 5.92 Å². The summed E-state index contributed by atoms with van der Waals surface area (Å²) >= 11 is 0. The summed E-state index contributed by atoms with van der Waals surface area (Å²) in [6.45, 7) is 5.70. The quantitative estimate of drug-likeness (QED) is 0.877. The molecular formula is C15H26N4O3S. The number of carbonyl (C=O) groups is 1. The highest BCUT2D eigenvalue weighted by atomic mass is 32.2. The third-order valence-corrected chi connectivity index (χ3v) is 5.05. The van der Waals surface area contributed by atoms with Crippen molar-refractivity contribution in [2.45, 2.75) is 39.3 Å². The van der Waals surface area contributed by atoms with Crippen LogP contribution in [0.3, 0.4) is 0 Å². The maximum Gasteiger partial charge on any atom is 0.317 e. The Morgan fingerprint density at radius 2 is 2.22 bits per heavy atom. The van der Waals surface area contributed by atoms with E-state index in [4.69, 9.17) is 0 Å². The Morgan fingerprint density at radius 1 is 1.48 bits per heavy atom. The van der Waals surface area contributed by atoms with Crippen LogP contribution in [0.1, 0.15) is 38.3 Å². The predicted molar refractivity (Wildman–Crippen MR) is 88.9 cm³/mol. The van der Waals surface area contributed by atoms with Crippen molar-refractivity contribution in [3.05, 3.63) is 18.0 Å². The number of urea groups is 1. The number of nitrogens with zero attached hydrogens (tertiary/aromatic N) is 3. The predicted octanol–water partition coefficient (Wildman–Crippen LogP) is 1.43. The second kappa shape index (κ2) is 7.33. The molecule has 1 fully saturated rings. The standard InChI is InChI=1S/C15H26N4O3S/c1-12(2)19-10-14(8-17-19)7-16-15(20)18-6-4-5-13(9-18)11-23(3,21)22/h8,10,12-13H,4-7,9,11H2,1-3H3,(H,16,20)/t13-/m1/s1. The van der Waals surface area contributed by atoms with E-state index in [1.165, 1.54) is 6.26 Å². The fraction of sp³-hybridized carbons (Fsp3) is 0.733. The molecule has 1 aromatic heterocycles. The molecule has 1 aliphatic rings. The zero-order chi connectivity index (χ0) is 17.0. The number of aromatic nitrogens is 2. The average molecular weight is 342 g/mol. The minimum atomic E-state index is -3.00. The van der Waals surface area contributed by atoms with E-state index in [0.717, 1.165) is 18.4 Å². The van der Waals surface area contributed by atoms with Gasteiger partial charge in [-0.25, -0.2) is 13.2 Å². The van der Waals surface area contributed by atoms with Gasteiger partial charge in [0.25, 0.3) is 0 Å². The Bertz CT molecular complexity index is 639. The van der Waals surface area contributed by atoms with E-state index in [1.54, 1.807) is 11.1 Å². The highest BCUT2D eigenvalue weighted by molar-refractivity contribution is 7.90. The Hall–Kier alpha value is -1.57. The lowest BCUT2D eigenvalue weighted by atomic mass is 10.0. The summed E-state index contributed by atoms with van der Waals surface area (Å²) in [6.07, 6.45) is 6.63. The maximum absolute atomic E-state index is 12.3. The van der Waals surface area contributed by atoms with Gasteiger partial charge < -0.3 is 10.2 Å². The molecule has 1 N–H and O–H groups in total. The zero-order valence-corrected chi connectivity index (χ0v) is 14.8. The number of hydrogen-bond acceptors (Lipinski definition) is 4. The first-order valence-corrected chi connectivity index (χ1v) is 10.0. The van der Waals surface area contributed by atoms with Crippen LogP contribution < -0.4 is 5.32 Å². The van der Waals surface area contributed by atoms with Crippen LogP contribution in [0.25, 0.3) is 0 Å². The SMILES string of the molecule is CC(C)n1cc(CNC(=O)N2CCC[C@@H](CS(C)(=O)=O)C2)cn1. The van der Waals surface area contributed by atoms with Crippen molar-refractivity contribution in [1.82, 2.24) is 20.0 Å². The minimum absolute atomic E-state index is 0.0354. The molecule has 0 aliphatic carbocycles. The molecule has 130 valence electrons. The number of likely N-dealkylation sites (tertiary alicyclic amines) is 1. The van der Waals surface area contributed by atoms with Crippen molar-refractivity contribution in [2.75, 3.05) is 25.1 Å². The van der Waals surface area contributed by atoms with Crippen molar-refractivity contribution in [1.29, 1.82) is 0 Å². The number of nitrogens with one attached hydrogen (secondary N) is 1. The topological polar surface area (TPSA) is 84.3 Å². The van der Waals surface area contributed by atoms with Gasteiger partial charge in [-0.3, -0.25) is 4.68 Å². The Balaban J connectivity index is 1.84. The van der Waals surface area contributed by atoms with Crippen LogP contribution in [0.15, 0.2) is 12.4 Å². The van der Waals surface area contributed by atoms with Crippen molar-refractivity contribution in [3.63, 3.8) is 0 Å². The van der Waals surface area contributed by atoms with E-state index >= 15 is 0 Å². The summed E-state index contributed by atoms with van der Waals surface area (Å²) in [7, 11) is -3.00. The zero-order valence-electron chi connectivity index (χ0n) is 14.0. The van der Waals surface area contributed by atoms with Gasteiger partial charge in [0.2, 0.25) is 0 Å². The van der Waals surface area contributed by atoms with Gasteiger partial charge in [-0.15, -0.1) is 0 Å². The van der Waals surface area contributed by atoms with Crippen LogP contribution in [0.2, 0.25) is 0 Å². The molecule has 8 heteroatoms. The first kappa shape index (κ1) is 17.8. The smallest absolute Gasteiger partial charge is 0.317 e. The number of carbonyl (C=O) groups excluding carboxylic acids is 1. The third kappa shape index (κ3) is 5.53. The molecule has 0 spiro atoms. The molecule has 0 radical (unpaired) electrons. The van der Waals surface area contributed by atoms with Crippen LogP contribution in [-0.4, -0.2) is 54.2 Å². The largest absolute Gasteiger partial charge is 0.334 e. The van der Waals surface area contributed by atoms with Gasteiger partial charge in [-0.1, -0.05) is 0 Å². The molecule has 2 amide bonds. The summed E-state index contributed by atoms with van der Waals surface area (Å²) in [5, 5.41) is 7.13. The highest BCUT2D eigenvalue weighted by Gasteiger charge is 2.25. The lowest BCUT2D eigenvalue weighted by molar-refractivity contribution is 0.170. The second-order valence-corrected chi connectivity index (χ2v) is 8.81. The molecule has 23 heavy (non-hydrogen) atoms. The first-order valence-electron chi connectivity index (χ1n) is 7.98. The Labute approximate surface area is 138 Å². The summed E-state index contributed by atoms with van der Waals surface area (Å²) in [5.41, 5.74) is 0.955. The summed E-state index contributed by atoms with van der Waals surface area (Å²) in [6, 6.07) is 0.152. The molecule has 0 unspecified atom stereocenters. The van der Waals surface area contributed by atoms with Crippen LogP contribution in [0.4, 0.5) is 4.79 Å². The summed E-state index contributed by atoms with van der Waals surface area (Å²) in [5.74, 6) is 0.186. The van der Waals surface area contributed by atoms with Gasteiger partial charge in [0, 0.05) is 43.7 Å². The monoisotopic (exact) mass is 342 g/mol. The van der Waals surface area contributed by atoms with E-state index in [1.807, 2.05) is 24.7 Å². The molecule has 0 bridgehead atoms. The Kier molecular flexibility index (Phi) is 5.67. The van der Waals surface area contributed by atoms with E-state index in [0.29, 0.717) is 25.7 Å². The molecule has 0 saturated carbocycles. The van der Waals surface area contributed by atoms with Crippen molar-refractivity contribution < 1.29 is 13.2 Å². The van der Waals surface area contributed by atoms with E-state index in [9.17, 15) is 13.2 Å². The van der Waals surface area contributed by atoms with Crippen LogP contribution in [0, 0.1) is 5.92 Å². The molecule has 1 aromatic rings. The molecule has 7 nitrogen and oxygen atoms in total. The minimum Gasteiger partial charge on any atom is -0.334 e. The number of hydrogen-bond donors (Lipinski definition) is 1. The van der Waals surface area contributed by atoms with Crippen LogP contribution in [-0.2, 0) is 16.4 Å². The van der Waals surface area contributed by atoms with E-state index < -0.39 is 9.84 Å². The van der Waals surface area contributed by atoms with E-state index in [-0.39, 0.29) is 17.7 Å². The lowest BCUT2D eigenvalue weighted by Gasteiger charge is -2.32. The highest BCUT2D eigenvalue weighted by Crippen LogP contribution is 2.18. The normalized spacial score (nSPS) is 19.1. The van der Waals surface area contributed by atoms with E-state index in [2.05, 4.69) is 10.4 Å². The Morgan fingerprint density at radius 3 is 2.83 bits per heavy atom. The summed E-state index contributed by atoms with van der Waals surface area (Å²) < 4.78 is 24.7. The average Bonchev–Trinajstić information content (AvgIpc) is 2.92. The second-order valence-electron chi connectivity index (χ2n) is 6.63. The fourth-order valence-electron chi connectivity index (χ4n) is 2.85. The molecule has 1 atom stereocenters. The third-order valence-electron chi connectivity index (χ3n) is 3.97. The van der Waals surface area contributed by atoms with Crippen LogP contribution in [0.5, 0.6) is 0 Å². The van der Waals surface area contributed by atoms with Crippen molar-refractivity contribution in [3.8, 4) is 0 Å². The number of amides is 2. The van der Waals surface area contributed by atoms with Gasteiger partial charge >= 0.3 is 6.03 Å². The van der Waals surface area contributed by atoms with Crippen molar-refractivity contribution >= 4 is 15.9 Å². The molecule has 0 aromatic carbocycles. The molecule has 1 saturated heterocycles. The van der Waals surface area contributed by atoms with Gasteiger partial charge in [0.1, 0.15) is 9.84 Å². The number of piperidine rings is 1. The summed E-state index contributed by atoms with van der Waals surface area (Å²) in [4.78, 5) is 14.0. The fourth-order valence-corrected chi connectivity index (χ4v) is 3.98. The molecular weight excluding hydrogens is 316 g/mol. The first-order chi connectivity index (χ1) is 10.7. The van der Waals surface area contributed by atoms with Gasteiger partial charge in [0.15, 0.2) is 0 Å². The molecule has 2 rings (SSSR count). The van der Waals surface area contributed by atoms with Gasteiger partial charge in [-0.2, -0.15) is 5.10 Å².